The van der Waals surface area contributed by atoms with Gasteiger partial charge in [-0.25, -0.2) is 0 Å². The summed E-state index contributed by atoms with van der Waals surface area (Å²) in [6.07, 6.45) is 0. The van der Waals surface area contributed by atoms with E-state index in [4.69, 9.17) is 34.8 Å². The summed E-state index contributed by atoms with van der Waals surface area (Å²) in [5.74, 6) is 0. The van der Waals surface area contributed by atoms with Crippen LogP contribution in [0.5, 0.6) is 0 Å². The van der Waals surface area contributed by atoms with Crippen LogP contribution in [0.1, 0.15) is 17.8 Å². The Kier molecular flexibility index (Phi) is 4.09. The minimum atomic E-state index is 0.0743. The molecule has 0 bridgehead atoms. The van der Waals surface area contributed by atoms with E-state index in [0.29, 0.717) is 16.0 Å². The van der Waals surface area contributed by atoms with Crippen LogP contribution in [0.3, 0.4) is 0 Å². The molecule has 2 heterocycles. The van der Waals surface area contributed by atoms with E-state index in [9.17, 15) is 0 Å². The van der Waals surface area contributed by atoms with E-state index in [1.165, 1.54) is 11.3 Å². The molecule has 2 aromatic rings. The van der Waals surface area contributed by atoms with Gasteiger partial charge in [0.25, 0.3) is 0 Å². The van der Waals surface area contributed by atoms with Crippen LogP contribution in [0, 0.1) is 0 Å². The van der Waals surface area contributed by atoms with E-state index in [1.54, 1.807) is 6.07 Å². The van der Waals surface area contributed by atoms with Crippen LogP contribution in [0.2, 0.25) is 14.6 Å². The number of hydrogen-bond donors (Lipinski definition) is 1. The van der Waals surface area contributed by atoms with E-state index in [-0.39, 0.29) is 6.04 Å². The lowest BCUT2D eigenvalue weighted by Crippen LogP contribution is -2.06. The minimum absolute atomic E-state index is 0.0743. The highest BCUT2D eigenvalue weighted by atomic mass is 35.5. The zero-order chi connectivity index (χ0) is 12.4. The zero-order valence-electron chi connectivity index (χ0n) is 8.75. The highest BCUT2D eigenvalue weighted by Crippen LogP contribution is 2.31. The van der Waals surface area contributed by atoms with Crippen LogP contribution in [0.25, 0.3) is 0 Å². The van der Waals surface area contributed by atoms with Gasteiger partial charge < -0.3 is 5.32 Å². The molecular formula is C10H8Cl3N3S. The second-order valence-corrected chi connectivity index (χ2v) is 5.87. The Bertz CT molecular complexity index is 529. The fourth-order valence-corrected chi connectivity index (χ4v) is 2.68. The van der Waals surface area contributed by atoms with Crippen molar-refractivity contribution in [3.05, 3.63) is 37.7 Å². The van der Waals surface area contributed by atoms with Crippen molar-refractivity contribution in [1.82, 2.24) is 10.2 Å². The summed E-state index contributed by atoms with van der Waals surface area (Å²) in [7, 11) is 0. The molecule has 0 aliphatic carbocycles. The van der Waals surface area contributed by atoms with Crippen LogP contribution in [0.15, 0.2) is 18.2 Å². The molecule has 0 saturated heterocycles. The summed E-state index contributed by atoms with van der Waals surface area (Å²) in [6, 6.07) is 5.54. The van der Waals surface area contributed by atoms with E-state index in [0.717, 1.165) is 9.21 Å². The van der Waals surface area contributed by atoms with Gasteiger partial charge in [0.2, 0.25) is 0 Å². The lowest BCUT2D eigenvalue weighted by atomic mass is 10.2. The fourth-order valence-electron chi connectivity index (χ4n) is 1.32. The normalized spacial score (nSPS) is 12.5. The lowest BCUT2D eigenvalue weighted by molar-refractivity contribution is 0.899. The topological polar surface area (TPSA) is 37.8 Å². The largest absolute Gasteiger partial charge is 0.375 e. The number of rotatable bonds is 3. The summed E-state index contributed by atoms with van der Waals surface area (Å²) >= 11 is 19.1. The molecule has 0 aromatic carbocycles. The van der Waals surface area contributed by atoms with Crippen LogP contribution in [-0.4, -0.2) is 10.2 Å². The fraction of sp³-hybridized carbons (Fsp3) is 0.200. The second-order valence-electron chi connectivity index (χ2n) is 3.38. The number of halogens is 3. The maximum Gasteiger partial charge on any atom is 0.174 e. The van der Waals surface area contributed by atoms with Crippen LogP contribution in [-0.2, 0) is 0 Å². The standard InChI is InChI=1S/C10H8Cl3N3S/c1-5(7-2-3-9(12)17-7)14-6-4-8(11)15-16-10(6)13/h2-5H,1H3,(H,14,15). The van der Waals surface area contributed by atoms with E-state index in [1.807, 2.05) is 19.1 Å². The Morgan fingerprint density at radius 2 is 2.00 bits per heavy atom. The van der Waals surface area contributed by atoms with E-state index >= 15 is 0 Å². The van der Waals surface area contributed by atoms with Crippen molar-refractivity contribution in [1.29, 1.82) is 0 Å². The Balaban J connectivity index is 2.18. The van der Waals surface area contributed by atoms with Gasteiger partial charge in [-0.3, -0.25) is 0 Å². The third-order valence-corrected chi connectivity index (χ3v) is 3.99. The molecule has 1 atom stereocenters. The lowest BCUT2D eigenvalue weighted by Gasteiger charge is -2.14. The summed E-state index contributed by atoms with van der Waals surface area (Å²) < 4.78 is 0.755. The Hall–Kier alpha value is -0.550. The van der Waals surface area contributed by atoms with Gasteiger partial charge in [0, 0.05) is 10.9 Å². The molecular weight excluding hydrogens is 301 g/mol. The molecule has 0 amide bonds. The molecule has 7 heteroatoms. The number of aromatic nitrogens is 2. The monoisotopic (exact) mass is 307 g/mol. The molecule has 0 radical (unpaired) electrons. The smallest absolute Gasteiger partial charge is 0.174 e. The van der Waals surface area contributed by atoms with Crippen LogP contribution >= 0.6 is 46.1 Å². The molecule has 2 rings (SSSR count). The average Bonchev–Trinajstić information content (AvgIpc) is 2.70. The molecule has 1 N–H and O–H groups in total. The first-order valence-electron chi connectivity index (χ1n) is 4.77. The first kappa shape index (κ1) is 12.9. The number of nitrogens with zero attached hydrogens (tertiary/aromatic N) is 2. The van der Waals surface area contributed by atoms with Crippen molar-refractivity contribution in [2.24, 2.45) is 0 Å². The summed E-state index contributed by atoms with van der Waals surface area (Å²) in [6.45, 7) is 2.01. The second kappa shape index (κ2) is 5.40. The molecule has 17 heavy (non-hydrogen) atoms. The van der Waals surface area contributed by atoms with Gasteiger partial charge in [-0.1, -0.05) is 34.8 Å². The average molecular weight is 309 g/mol. The number of thiophene rings is 1. The molecule has 0 spiro atoms. The summed E-state index contributed by atoms with van der Waals surface area (Å²) in [5.41, 5.74) is 0.656. The zero-order valence-corrected chi connectivity index (χ0v) is 11.8. The Morgan fingerprint density at radius 3 is 2.65 bits per heavy atom. The highest BCUT2D eigenvalue weighted by molar-refractivity contribution is 7.16. The molecule has 0 saturated carbocycles. The van der Waals surface area contributed by atoms with Crippen molar-refractivity contribution in [3.8, 4) is 0 Å². The number of hydrogen-bond acceptors (Lipinski definition) is 4. The van der Waals surface area contributed by atoms with Gasteiger partial charge in [0.15, 0.2) is 10.3 Å². The van der Waals surface area contributed by atoms with Gasteiger partial charge in [-0.15, -0.1) is 21.5 Å². The van der Waals surface area contributed by atoms with Crippen molar-refractivity contribution < 1.29 is 0 Å². The number of anilines is 1. The first-order valence-corrected chi connectivity index (χ1v) is 6.72. The van der Waals surface area contributed by atoms with Crippen LogP contribution < -0.4 is 5.32 Å². The van der Waals surface area contributed by atoms with Crippen molar-refractivity contribution in [3.63, 3.8) is 0 Å². The number of nitrogens with one attached hydrogen (secondary N) is 1. The molecule has 0 aliphatic rings. The maximum atomic E-state index is 5.92. The van der Waals surface area contributed by atoms with Crippen molar-refractivity contribution >= 4 is 51.8 Å². The molecule has 0 fully saturated rings. The van der Waals surface area contributed by atoms with Crippen LogP contribution in [0.4, 0.5) is 5.69 Å². The molecule has 1 unspecified atom stereocenters. The van der Waals surface area contributed by atoms with Gasteiger partial charge in [0.1, 0.15) is 0 Å². The predicted molar refractivity (Wildman–Crippen MR) is 73.4 cm³/mol. The highest BCUT2D eigenvalue weighted by Gasteiger charge is 2.11. The minimum Gasteiger partial charge on any atom is -0.375 e. The SMILES string of the molecule is CC(Nc1cc(Cl)nnc1Cl)c1ccc(Cl)s1. The van der Waals surface area contributed by atoms with Crippen molar-refractivity contribution in [2.75, 3.05) is 5.32 Å². The Labute approximate surface area is 118 Å². The molecule has 0 aliphatic heterocycles. The third-order valence-electron chi connectivity index (χ3n) is 2.11. The quantitative estimate of drug-likeness (QED) is 0.895. The maximum absolute atomic E-state index is 5.92. The van der Waals surface area contributed by atoms with Crippen molar-refractivity contribution in [2.45, 2.75) is 13.0 Å². The molecule has 90 valence electrons. The van der Waals surface area contributed by atoms with Gasteiger partial charge in [0.05, 0.1) is 16.1 Å². The third kappa shape index (κ3) is 3.22. The van der Waals surface area contributed by atoms with E-state index < -0.39 is 0 Å². The summed E-state index contributed by atoms with van der Waals surface area (Å²) in [4.78, 5) is 1.11. The van der Waals surface area contributed by atoms with Gasteiger partial charge in [-0.2, -0.15) is 0 Å². The predicted octanol–water partition coefficient (Wildman–Crippen LogP) is 4.67. The first-order chi connectivity index (χ1) is 8.06. The molecule has 3 nitrogen and oxygen atoms in total. The van der Waals surface area contributed by atoms with E-state index in [2.05, 4.69) is 15.5 Å². The molecule has 2 aromatic heterocycles. The van der Waals surface area contributed by atoms with Gasteiger partial charge >= 0.3 is 0 Å². The van der Waals surface area contributed by atoms with Gasteiger partial charge in [-0.05, 0) is 19.1 Å². The summed E-state index contributed by atoms with van der Waals surface area (Å²) in [5, 5.41) is 11.2. The Morgan fingerprint density at radius 1 is 1.24 bits per heavy atom.